The number of piperidine rings is 1. The molecule has 0 saturated carbocycles. The molecule has 2 rings (SSSR count). The second kappa shape index (κ2) is 5.83. The van der Waals surface area contributed by atoms with E-state index in [1.54, 1.807) is 0 Å². The van der Waals surface area contributed by atoms with Crippen molar-refractivity contribution >= 4 is 5.91 Å². The third kappa shape index (κ3) is 3.19. The quantitative estimate of drug-likeness (QED) is 0.778. The Kier molecular flexibility index (Phi) is 4.40. The minimum atomic E-state index is -0.251. The van der Waals surface area contributed by atoms with Crippen LogP contribution in [0.1, 0.15) is 26.7 Å². The maximum atomic E-state index is 12.2. The molecule has 0 aromatic carbocycles. The summed E-state index contributed by atoms with van der Waals surface area (Å²) in [4.78, 5) is 14.2. The number of carbonyl (C=O) groups excluding carboxylic acids is 1. The lowest BCUT2D eigenvalue weighted by molar-refractivity contribution is -0.146. The predicted octanol–water partition coefficient (Wildman–Crippen LogP) is 0.869. The van der Waals surface area contributed by atoms with E-state index in [1.807, 2.05) is 4.90 Å². The summed E-state index contributed by atoms with van der Waals surface area (Å²) in [5.41, 5.74) is 0. The van der Waals surface area contributed by atoms with Crippen LogP contribution in [0, 0.1) is 11.8 Å². The Labute approximate surface area is 104 Å². The molecule has 0 bridgehead atoms. The summed E-state index contributed by atoms with van der Waals surface area (Å²) < 4.78 is 5.51. The number of nitrogens with one attached hydrogen (secondary N) is 1. The van der Waals surface area contributed by atoms with Crippen LogP contribution in [0.15, 0.2) is 0 Å². The summed E-state index contributed by atoms with van der Waals surface area (Å²) >= 11 is 0. The minimum absolute atomic E-state index is 0.180. The minimum Gasteiger partial charge on any atom is -0.366 e. The molecule has 98 valence electrons. The fourth-order valence-corrected chi connectivity index (χ4v) is 2.71. The molecule has 0 aromatic heterocycles. The number of amides is 1. The average Bonchev–Trinajstić information content (AvgIpc) is 2.39. The van der Waals surface area contributed by atoms with Gasteiger partial charge in [-0.3, -0.25) is 4.79 Å². The van der Waals surface area contributed by atoms with E-state index in [0.29, 0.717) is 13.2 Å². The third-order valence-electron chi connectivity index (χ3n) is 4.00. The van der Waals surface area contributed by atoms with Crippen LogP contribution in [0.3, 0.4) is 0 Å². The van der Waals surface area contributed by atoms with E-state index in [0.717, 1.165) is 44.3 Å². The highest BCUT2D eigenvalue weighted by atomic mass is 16.5. The number of hydrogen-bond donors (Lipinski definition) is 1. The zero-order valence-corrected chi connectivity index (χ0v) is 10.9. The molecule has 17 heavy (non-hydrogen) atoms. The molecule has 2 fully saturated rings. The first-order chi connectivity index (χ1) is 8.18. The molecule has 4 heteroatoms. The van der Waals surface area contributed by atoms with Gasteiger partial charge in [-0.15, -0.1) is 0 Å². The SMILES string of the molecule is CC(C)C1CCN(C(=O)C2CNCCO2)CC1. The summed E-state index contributed by atoms with van der Waals surface area (Å²) in [7, 11) is 0. The average molecular weight is 240 g/mol. The Hall–Kier alpha value is -0.610. The second-order valence-corrected chi connectivity index (χ2v) is 5.47. The maximum Gasteiger partial charge on any atom is 0.253 e. The van der Waals surface area contributed by atoms with E-state index in [4.69, 9.17) is 4.74 Å². The molecular weight excluding hydrogens is 216 g/mol. The topological polar surface area (TPSA) is 41.6 Å². The zero-order valence-electron chi connectivity index (χ0n) is 10.9. The number of rotatable bonds is 2. The van der Waals surface area contributed by atoms with Crippen molar-refractivity contribution < 1.29 is 9.53 Å². The monoisotopic (exact) mass is 240 g/mol. The van der Waals surface area contributed by atoms with E-state index in [-0.39, 0.29) is 12.0 Å². The van der Waals surface area contributed by atoms with Crippen molar-refractivity contribution in [3.63, 3.8) is 0 Å². The van der Waals surface area contributed by atoms with E-state index < -0.39 is 0 Å². The first-order valence-corrected chi connectivity index (χ1v) is 6.79. The summed E-state index contributed by atoms with van der Waals surface area (Å²) in [6.45, 7) is 8.54. The van der Waals surface area contributed by atoms with Gasteiger partial charge in [0, 0.05) is 26.2 Å². The van der Waals surface area contributed by atoms with Gasteiger partial charge in [-0.1, -0.05) is 13.8 Å². The van der Waals surface area contributed by atoms with Crippen molar-refractivity contribution in [2.75, 3.05) is 32.8 Å². The molecule has 2 heterocycles. The van der Waals surface area contributed by atoms with Gasteiger partial charge in [0.1, 0.15) is 6.10 Å². The van der Waals surface area contributed by atoms with Crippen molar-refractivity contribution in [2.45, 2.75) is 32.8 Å². The van der Waals surface area contributed by atoms with Gasteiger partial charge >= 0.3 is 0 Å². The largest absolute Gasteiger partial charge is 0.366 e. The van der Waals surface area contributed by atoms with Crippen molar-refractivity contribution in [1.29, 1.82) is 0 Å². The molecule has 4 nitrogen and oxygen atoms in total. The Bertz CT molecular complexity index is 254. The Morgan fingerprint density at radius 1 is 1.35 bits per heavy atom. The van der Waals surface area contributed by atoms with Gasteiger partial charge in [-0.25, -0.2) is 0 Å². The molecule has 1 amide bonds. The zero-order chi connectivity index (χ0) is 12.3. The summed E-state index contributed by atoms with van der Waals surface area (Å²) in [6, 6.07) is 0. The highest BCUT2D eigenvalue weighted by Gasteiger charge is 2.30. The first-order valence-electron chi connectivity index (χ1n) is 6.79. The van der Waals surface area contributed by atoms with Gasteiger partial charge in [0.25, 0.3) is 5.91 Å². The van der Waals surface area contributed by atoms with Crippen molar-refractivity contribution in [3.8, 4) is 0 Å². The van der Waals surface area contributed by atoms with Crippen molar-refractivity contribution in [2.24, 2.45) is 11.8 Å². The third-order valence-corrected chi connectivity index (χ3v) is 4.00. The van der Waals surface area contributed by atoms with Gasteiger partial charge in [-0.2, -0.15) is 0 Å². The number of morpholine rings is 1. The Morgan fingerprint density at radius 2 is 2.06 bits per heavy atom. The lowest BCUT2D eigenvalue weighted by Gasteiger charge is -2.36. The fraction of sp³-hybridized carbons (Fsp3) is 0.923. The lowest BCUT2D eigenvalue weighted by Crippen LogP contribution is -2.51. The van der Waals surface area contributed by atoms with Crippen LogP contribution in [0.25, 0.3) is 0 Å². The summed E-state index contributed by atoms with van der Waals surface area (Å²) in [5.74, 6) is 1.70. The molecular formula is C13H24N2O2. The molecule has 1 unspecified atom stereocenters. The number of ether oxygens (including phenoxy) is 1. The molecule has 0 spiro atoms. The fourth-order valence-electron chi connectivity index (χ4n) is 2.71. The lowest BCUT2D eigenvalue weighted by atomic mass is 9.86. The van der Waals surface area contributed by atoms with Crippen molar-refractivity contribution in [3.05, 3.63) is 0 Å². The van der Waals surface area contributed by atoms with Gasteiger partial charge < -0.3 is 15.0 Å². The number of likely N-dealkylation sites (tertiary alicyclic amines) is 1. The Balaban J connectivity index is 1.81. The van der Waals surface area contributed by atoms with Gasteiger partial charge in [-0.05, 0) is 24.7 Å². The van der Waals surface area contributed by atoms with Crippen LogP contribution in [-0.2, 0) is 9.53 Å². The summed E-state index contributed by atoms with van der Waals surface area (Å²) in [5, 5.41) is 3.21. The number of nitrogens with zero attached hydrogens (tertiary/aromatic N) is 1. The van der Waals surface area contributed by atoms with Crippen LogP contribution in [0.5, 0.6) is 0 Å². The molecule has 2 saturated heterocycles. The van der Waals surface area contributed by atoms with E-state index in [1.165, 1.54) is 0 Å². The molecule has 2 aliphatic heterocycles. The maximum absolute atomic E-state index is 12.2. The highest BCUT2D eigenvalue weighted by Crippen LogP contribution is 2.24. The van der Waals surface area contributed by atoms with E-state index >= 15 is 0 Å². The van der Waals surface area contributed by atoms with Crippen LogP contribution in [0.2, 0.25) is 0 Å². The molecule has 0 radical (unpaired) electrons. The molecule has 0 aromatic rings. The molecule has 0 aliphatic carbocycles. The van der Waals surface area contributed by atoms with E-state index in [9.17, 15) is 4.79 Å². The van der Waals surface area contributed by atoms with Crippen LogP contribution in [-0.4, -0.2) is 49.7 Å². The predicted molar refractivity (Wildman–Crippen MR) is 66.8 cm³/mol. The first kappa shape index (κ1) is 12.8. The van der Waals surface area contributed by atoms with Crippen LogP contribution in [0.4, 0.5) is 0 Å². The number of hydrogen-bond acceptors (Lipinski definition) is 3. The number of carbonyl (C=O) groups is 1. The normalized spacial score (nSPS) is 27.5. The second-order valence-electron chi connectivity index (χ2n) is 5.47. The Morgan fingerprint density at radius 3 is 2.59 bits per heavy atom. The smallest absolute Gasteiger partial charge is 0.253 e. The molecule has 2 aliphatic rings. The van der Waals surface area contributed by atoms with Crippen LogP contribution >= 0.6 is 0 Å². The van der Waals surface area contributed by atoms with E-state index in [2.05, 4.69) is 19.2 Å². The van der Waals surface area contributed by atoms with Gasteiger partial charge in [0.2, 0.25) is 0 Å². The van der Waals surface area contributed by atoms with Crippen molar-refractivity contribution in [1.82, 2.24) is 10.2 Å². The van der Waals surface area contributed by atoms with Gasteiger partial charge in [0.05, 0.1) is 6.61 Å². The highest BCUT2D eigenvalue weighted by molar-refractivity contribution is 5.81. The van der Waals surface area contributed by atoms with Crippen LogP contribution < -0.4 is 5.32 Å². The summed E-state index contributed by atoms with van der Waals surface area (Å²) in [6.07, 6.45) is 2.03. The van der Waals surface area contributed by atoms with Gasteiger partial charge in [0.15, 0.2) is 0 Å². The molecule has 1 atom stereocenters. The molecule has 1 N–H and O–H groups in total. The standard InChI is InChI=1S/C13H24N2O2/c1-10(2)11-3-6-15(7-4-11)13(16)12-9-14-5-8-17-12/h10-12,14H,3-9H2,1-2H3.